The minimum absolute atomic E-state index is 0.498. The summed E-state index contributed by atoms with van der Waals surface area (Å²) >= 11 is 0. The van der Waals surface area contributed by atoms with E-state index in [0.29, 0.717) is 12.0 Å². The van der Waals surface area contributed by atoms with Gasteiger partial charge in [0.05, 0.1) is 11.7 Å². The van der Waals surface area contributed by atoms with Gasteiger partial charge in [0.2, 0.25) is 0 Å². The molecule has 78 valence electrons. The van der Waals surface area contributed by atoms with Crippen LogP contribution in [-0.2, 0) is 0 Å². The van der Waals surface area contributed by atoms with Gasteiger partial charge in [0.25, 0.3) is 0 Å². The number of aliphatic hydroxyl groups is 3. The number of hydrogen-bond donors (Lipinski definition) is 3. The van der Waals surface area contributed by atoms with Gasteiger partial charge in [-0.05, 0) is 32.8 Å². The molecule has 0 aliphatic rings. The summed E-state index contributed by atoms with van der Waals surface area (Å²) in [7, 11) is 0. The van der Waals surface area contributed by atoms with Gasteiger partial charge in [-0.2, -0.15) is 0 Å². The lowest BCUT2D eigenvalue weighted by molar-refractivity contribution is 0.0376. The first kappa shape index (κ1) is 12.6. The summed E-state index contributed by atoms with van der Waals surface area (Å²) < 4.78 is 0. The van der Waals surface area contributed by atoms with Crippen molar-refractivity contribution < 1.29 is 15.3 Å². The Hall–Kier alpha value is -0.380. The summed E-state index contributed by atoms with van der Waals surface area (Å²) in [6, 6.07) is 0. The highest BCUT2D eigenvalue weighted by molar-refractivity contribution is 5.12. The number of hydrogen-bond acceptors (Lipinski definition) is 3. The normalized spacial score (nSPS) is 18.5. The lowest BCUT2D eigenvalue weighted by Crippen LogP contribution is -2.28. The van der Waals surface area contributed by atoms with Crippen LogP contribution in [0.25, 0.3) is 0 Å². The lowest BCUT2D eigenvalue weighted by Gasteiger charge is -2.20. The Kier molecular flexibility index (Phi) is 4.61. The van der Waals surface area contributed by atoms with E-state index in [0.717, 1.165) is 0 Å². The third-order valence-electron chi connectivity index (χ3n) is 1.83. The van der Waals surface area contributed by atoms with Crippen LogP contribution in [0.1, 0.15) is 34.1 Å². The van der Waals surface area contributed by atoms with Crippen LogP contribution in [0.15, 0.2) is 11.6 Å². The molecule has 0 aromatic heterocycles. The summed E-state index contributed by atoms with van der Waals surface area (Å²) in [5.74, 6) is 0. The van der Waals surface area contributed by atoms with E-state index in [-0.39, 0.29) is 0 Å². The van der Waals surface area contributed by atoms with Crippen molar-refractivity contribution in [2.24, 2.45) is 0 Å². The van der Waals surface area contributed by atoms with E-state index in [1.54, 1.807) is 33.8 Å². The van der Waals surface area contributed by atoms with Crippen molar-refractivity contribution >= 4 is 0 Å². The Labute approximate surface area is 79.7 Å². The van der Waals surface area contributed by atoms with E-state index in [4.69, 9.17) is 0 Å². The minimum atomic E-state index is -0.946. The molecule has 3 N–H and O–H groups in total. The molecule has 0 fully saturated rings. The summed E-state index contributed by atoms with van der Waals surface area (Å²) in [6.07, 6.45) is 0.421. The van der Waals surface area contributed by atoms with E-state index in [1.807, 2.05) is 0 Å². The predicted molar refractivity (Wildman–Crippen MR) is 52.4 cm³/mol. The summed E-state index contributed by atoms with van der Waals surface area (Å²) in [5, 5.41) is 28.3. The fraction of sp³-hybridized carbons (Fsp3) is 0.800. The molecule has 0 rings (SSSR count). The molecule has 0 radical (unpaired) electrons. The first-order chi connectivity index (χ1) is 5.78. The highest BCUT2D eigenvalue weighted by Crippen LogP contribution is 2.14. The molecule has 2 atom stereocenters. The van der Waals surface area contributed by atoms with Crippen LogP contribution in [0.2, 0.25) is 0 Å². The molecule has 0 bridgehead atoms. The van der Waals surface area contributed by atoms with Crippen LogP contribution in [0, 0.1) is 0 Å². The monoisotopic (exact) mass is 188 g/mol. The second-order valence-electron chi connectivity index (χ2n) is 3.96. The maximum absolute atomic E-state index is 9.52. The van der Waals surface area contributed by atoms with Crippen LogP contribution in [0.3, 0.4) is 0 Å². The van der Waals surface area contributed by atoms with Gasteiger partial charge >= 0.3 is 0 Å². The molecule has 13 heavy (non-hydrogen) atoms. The van der Waals surface area contributed by atoms with Gasteiger partial charge in [-0.1, -0.05) is 13.0 Å². The van der Waals surface area contributed by atoms with E-state index in [1.165, 1.54) is 0 Å². The molecule has 2 unspecified atom stereocenters. The topological polar surface area (TPSA) is 60.7 Å². The number of rotatable bonds is 4. The first-order valence-corrected chi connectivity index (χ1v) is 4.55. The SMILES string of the molecule is CCC(O)C(O)C(C)=CC(C)(C)O. The quantitative estimate of drug-likeness (QED) is 0.573. The van der Waals surface area contributed by atoms with Crippen molar-refractivity contribution in [3.05, 3.63) is 11.6 Å². The molecule has 0 heterocycles. The lowest BCUT2D eigenvalue weighted by atomic mass is 9.99. The molecule has 0 saturated carbocycles. The Morgan fingerprint density at radius 3 is 2.15 bits per heavy atom. The van der Waals surface area contributed by atoms with Crippen LogP contribution >= 0.6 is 0 Å². The van der Waals surface area contributed by atoms with E-state index < -0.39 is 17.8 Å². The van der Waals surface area contributed by atoms with Crippen molar-refractivity contribution in [2.75, 3.05) is 0 Å². The van der Waals surface area contributed by atoms with Crippen molar-refractivity contribution in [1.82, 2.24) is 0 Å². The second kappa shape index (κ2) is 4.74. The van der Waals surface area contributed by atoms with E-state index in [9.17, 15) is 15.3 Å². The van der Waals surface area contributed by atoms with Gasteiger partial charge in [-0.15, -0.1) is 0 Å². The second-order valence-corrected chi connectivity index (χ2v) is 3.96. The first-order valence-electron chi connectivity index (χ1n) is 4.55. The van der Waals surface area contributed by atoms with Crippen LogP contribution < -0.4 is 0 Å². The van der Waals surface area contributed by atoms with Crippen molar-refractivity contribution in [3.63, 3.8) is 0 Å². The largest absolute Gasteiger partial charge is 0.390 e. The van der Waals surface area contributed by atoms with Gasteiger partial charge in [0.1, 0.15) is 6.10 Å². The molecular weight excluding hydrogens is 168 g/mol. The molecule has 3 nitrogen and oxygen atoms in total. The predicted octanol–water partition coefficient (Wildman–Crippen LogP) is 0.835. The van der Waals surface area contributed by atoms with Crippen molar-refractivity contribution in [2.45, 2.75) is 51.9 Å². The van der Waals surface area contributed by atoms with Crippen LogP contribution in [0.4, 0.5) is 0 Å². The van der Waals surface area contributed by atoms with Crippen molar-refractivity contribution in [1.29, 1.82) is 0 Å². The zero-order valence-corrected chi connectivity index (χ0v) is 8.78. The van der Waals surface area contributed by atoms with Gasteiger partial charge < -0.3 is 15.3 Å². The van der Waals surface area contributed by atoms with Crippen molar-refractivity contribution in [3.8, 4) is 0 Å². The van der Waals surface area contributed by atoms with Gasteiger partial charge in [0, 0.05) is 0 Å². The van der Waals surface area contributed by atoms with E-state index >= 15 is 0 Å². The molecular formula is C10H20O3. The van der Waals surface area contributed by atoms with E-state index in [2.05, 4.69) is 0 Å². The smallest absolute Gasteiger partial charge is 0.101 e. The van der Waals surface area contributed by atoms with Crippen LogP contribution in [0.5, 0.6) is 0 Å². The molecule has 0 aromatic carbocycles. The fourth-order valence-electron chi connectivity index (χ4n) is 1.17. The van der Waals surface area contributed by atoms with Gasteiger partial charge in [-0.3, -0.25) is 0 Å². The summed E-state index contributed by atoms with van der Waals surface area (Å²) in [4.78, 5) is 0. The number of aliphatic hydroxyl groups excluding tert-OH is 2. The zero-order valence-electron chi connectivity index (χ0n) is 8.78. The minimum Gasteiger partial charge on any atom is -0.390 e. The zero-order chi connectivity index (χ0) is 10.6. The standard InChI is InChI=1S/C10H20O3/c1-5-8(11)9(12)7(2)6-10(3,4)13/h6,8-9,11-13H,5H2,1-4H3. The highest BCUT2D eigenvalue weighted by Gasteiger charge is 2.18. The molecule has 0 amide bonds. The Balaban J connectivity index is 4.41. The average molecular weight is 188 g/mol. The molecule has 3 heteroatoms. The molecule has 0 aliphatic carbocycles. The van der Waals surface area contributed by atoms with Gasteiger partial charge in [-0.25, -0.2) is 0 Å². The summed E-state index contributed by atoms with van der Waals surface area (Å²) in [5.41, 5.74) is -0.347. The fourth-order valence-corrected chi connectivity index (χ4v) is 1.17. The average Bonchev–Trinajstić information content (AvgIpc) is 1.98. The maximum Gasteiger partial charge on any atom is 0.101 e. The maximum atomic E-state index is 9.52. The van der Waals surface area contributed by atoms with Gasteiger partial charge in [0.15, 0.2) is 0 Å². The third kappa shape index (κ3) is 5.03. The Bertz CT molecular complexity index is 179. The highest BCUT2D eigenvalue weighted by atomic mass is 16.3. The summed E-state index contributed by atoms with van der Waals surface area (Å²) in [6.45, 7) is 6.75. The Morgan fingerprint density at radius 2 is 1.85 bits per heavy atom. The third-order valence-corrected chi connectivity index (χ3v) is 1.83. The molecule has 0 spiro atoms. The molecule has 0 saturated heterocycles. The molecule has 0 aromatic rings. The molecule has 0 aliphatic heterocycles. The van der Waals surface area contributed by atoms with Crippen LogP contribution in [-0.4, -0.2) is 33.1 Å². The Morgan fingerprint density at radius 1 is 1.38 bits per heavy atom.